The second-order valence-electron chi connectivity index (χ2n) is 5.31. The first kappa shape index (κ1) is 12.0. The molecule has 1 aromatic carbocycles. The molecule has 1 amide bonds. The molecule has 21 heavy (non-hydrogen) atoms. The van der Waals surface area contributed by atoms with E-state index in [4.69, 9.17) is 4.42 Å². The largest absolute Gasteiger partial charge is 0.431 e. The molecule has 0 saturated heterocycles. The molecule has 0 bridgehead atoms. The Labute approximate surface area is 120 Å². The zero-order valence-electron chi connectivity index (χ0n) is 11.3. The Morgan fingerprint density at radius 3 is 2.52 bits per heavy atom. The van der Waals surface area contributed by atoms with Gasteiger partial charge in [-0.25, -0.2) is 4.79 Å². The maximum absolute atomic E-state index is 11.7. The molecule has 0 aliphatic carbocycles. The number of fused-ring (bicyclic) bond motifs is 2. The Balaban J connectivity index is 1.68. The number of hydrogen-bond donors (Lipinski definition) is 3. The number of anilines is 3. The van der Waals surface area contributed by atoms with Crippen molar-refractivity contribution in [2.45, 2.75) is 19.0 Å². The van der Waals surface area contributed by atoms with Crippen LogP contribution in [0, 0.1) is 0 Å². The summed E-state index contributed by atoms with van der Waals surface area (Å²) in [5.41, 5.74) is 4.16. The van der Waals surface area contributed by atoms with E-state index in [1.54, 1.807) is 6.07 Å². The molecule has 0 fully saturated rings. The molecule has 3 N–H and O–H groups in total. The van der Waals surface area contributed by atoms with Gasteiger partial charge in [0.05, 0.1) is 17.3 Å². The van der Waals surface area contributed by atoms with E-state index >= 15 is 0 Å². The standard InChI is InChI=1S/C15H13N3O3/c1-7-9-4-11-12(5-10(9)18-15(7)20)17-14(16-11)8-2-3-13(19)21-6-8/h2-7,14,16-17H,1H3,(H,18,20). The lowest BCUT2D eigenvalue weighted by atomic mass is 10.0. The molecule has 1 aromatic heterocycles. The minimum Gasteiger partial charge on any atom is -0.431 e. The second kappa shape index (κ2) is 4.12. The number of carbonyl (C=O) groups excluding carboxylic acids is 1. The van der Waals surface area contributed by atoms with E-state index in [0.29, 0.717) is 0 Å². The van der Waals surface area contributed by atoms with Crippen molar-refractivity contribution >= 4 is 23.0 Å². The van der Waals surface area contributed by atoms with Gasteiger partial charge < -0.3 is 20.4 Å². The van der Waals surface area contributed by atoms with Crippen LogP contribution in [0.1, 0.15) is 30.1 Å². The third-order valence-electron chi connectivity index (χ3n) is 3.96. The minimum atomic E-state index is -0.371. The van der Waals surface area contributed by atoms with E-state index in [2.05, 4.69) is 16.0 Å². The molecular weight excluding hydrogens is 270 g/mol. The molecule has 4 rings (SSSR count). The quantitative estimate of drug-likeness (QED) is 0.747. The van der Waals surface area contributed by atoms with Gasteiger partial charge in [0.25, 0.3) is 0 Å². The average Bonchev–Trinajstić information content (AvgIpc) is 2.99. The number of hydrogen-bond acceptors (Lipinski definition) is 5. The Hall–Kier alpha value is -2.76. The molecule has 2 aromatic rings. The SMILES string of the molecule is CC1C(=O)Nc2cc3c(cc21)NC(c1ccc(=O)oc1)N3. The van der Waals surface area contributed by atoms with Crippen LogP contribution in [0.3, 0.4) is 0 Å². The zero-order valence-corrected chi connectivity index (χ0v) is 11.3. The third-order valence-corrected chi connectivity index (χ3v) is 3.96. The highest BCUT2D eigenvalue weighted by molar-refractivity contribution is 6.04. The van der Waals surface area contributed by atoms with Gasteiger partial charge in [-0.05, 0) is 30.7 Å². The first-order valence-corrected chi connectivity index (χ1v) is 6.72. The van der Waals surface area contributed by atoms with Gasteiger partial charge in [0.2, 0.25) is 5.91 Å². The summed E-state index contributed by atoms with van der Waals surface area (Å²) < 4.78 is 4.89. The Bertz CT molecular complexity index is 792. The van der Waals surface area contributed by atoms with Crippen molar-refractivity contribution in [2.75, 3.05) is 16.0 Å². The van der Waals surface area contributed by atoms with Crippen LogP contribution in [-0.2, 0) is 4.79 Å². The van der Waals surface area contributed by atoms with Gasteiger partial charge in [-0.2, -0.15) is 0 Å². The summed E-state index contributed by atoms with van der Waals surface area (Å²) in [4.78, 5) is 22.7. The Morgan fingerprint density at radius 2 is 1.81 bits per heavy atom. The summed E-state index contributed by atoms with van der Waals surface area (Å²) >= 11 is 0. The molecular formula is C15H13N3O3. The van der Waals surface area contributed by atoms with Gasteiger partial charge >= 0.3 is 5.63 Å². The molecule has 3 heterocycles. The van der Waals surface area contributed by atoms with Crippen LogP contribution in [0.15, 0.2) is 39.7 Å². The highest BCUT2D eigenvalue weighted by Gasteiger charge is 2.30. The van der Waals surface area contributed by atoms with Crippen molar-refractivity contribution in [1.82, 2.24) is 0 Å². The summed E-state index contributed by atoms with van der Waals surface area (Å²) in [5.74, 6) is -0.115. The predicted octanol–water partition coefficient (Wildman–Crippen LogP) is 2.23. The fourth-order valence-corrected chi connectivity index (χ4v) is 2.75. The summed E-state index contributed by atoms with van der Waals surface area (Å²) in [6.07, 6.45) is 1.29. The number of carbonyl (C=O) groups is 1. The smallest absolute Gasteiger partial charge is 0.335 e. The van der Waals surface area contributed by atoms with E-state index in [9.17, 15) is 9.59 Å². The van der Waals surface area contributed by atoms with Gasteiger partial charge in [-0.1, -0.05) is 0 Å². The van der Waals surface area contributed by atoms with E-state index in [-0.39, 0.29) is 23.6 Å². The molecule has 0 radical (unpaired) electrons. The van der Waals surface area contributed by atoms with Crippen molar-refractivity contribution in [3.05, 3.63) is 52.1 Å². The minimum absolute atomic E-state index is 0.0232. The monoisotopic (exact) mass is 283 g/mol. The lowest BCUT2D eigenvalue weighted by molar-refractivity contribution is -0.116. The lowest BCUT2D eigenvalue weighted by Crippen LogP contribution is -2.13. The molecule has 106 valence electrons. The lowest BCUT2D eigenvalue weighted by Gasteiger charge is -2.11. The van der Waals surface area contributed by atoms with Gasteiger partial charge in [0, 0.05) is 17.3 Å². The maximum atomic E-state index is 11.7. The molecule has 2 aliphatic heterocycles. The van der Waals surface area contributed by atoms with Crippen LogP contribution in [-0.4, -0.2) is 5.91 Å². The highest BCUT2D eigenvalue weighted by Crippen LogP contribution is 2.43. The average molecular weight is 283 g/mol. The molecule has 6 nitrogen and oxygen atoms in total. The molecule has 6 heteroatoms. The van der Waals surface area contributed by atoms with Gasteiger partial charge in [-0.3, -0.25) is 4.79 Å². The first-order valence-electron chi connectivity index (χ1n) is 6.72. The number of amides is 1. The molecule has 0 saturated carbocycles. The predicted molar refractivity (Wildman–Crippen MR) is 78.5 cm³/mol. The van der Waals surface area contributed by atoms with E-state index in [1.807, 2.05) is 19.1 Å². The van der Waals surface area contributed by atoms with E-state index in [1.165, 1.54) is 12.3 Å². The summed E-state index contributed by atoms with van der Waals surface area (Å²) in [6, 6.07) is 7.03. The second-order valence-corrected chi connectivity index (χ2v) is 5.31. The van der Waals surface area contributed by atoms with Gasteiger partial charge in [0.1, 0.15) is 12.4 Å². The number of nitrogens with one attached hydrogen (secondary N) is 3. The fraction of sp³-hybridized carbons (Fsp3) is 0.200. The normalized spacial score (nSPS) is 22.0. The summed E-state index contributed by atoms with van der Waals surface area (Å²) in [5, 5.41) is 9.50. The van der Waals surface area contributed by atoms with Crippen LogP contribution in [0.25, 0.3) is 0 Å². The van der Waals surface area contributed by atoms with Gasteiger partial charge in [0.15, 0.2) is 0 Å². The maximum Gasteiger partial charge on any atom is 0.335 e. The number of rotatable bonds is 1. The molecule has 0 spiro atoms. The fourth-order valence-electron chi connectivity index (χ4n) is 2.75. The van der Waals surface area contributed by atoms with Crippen molar-refractivity contribution in [1.29, 1.82) is 0 Å². The van der Waals surface area contributed by atoms with Crippen molar-refractivity contribution in [2.24, 2.45) is 0 Å². The van der Waals surface area contributed by atoms with E-state index < -0.39 is 0 Å². The Morgan fingerprint density at radius 1 is 1.05 bits per heavy atom. The van der Waals surface area contributed by atoms with Crippen LogP contribution >= 0.6 is 0 Å². The summed E-state index contributed by atoms with van der Waals surface area (Å²) in [7, 11) is 0. The molecule has 2 aliphatic rings. The number of benzene rings is 1. The molecule has 2 unspecified atom stereocenters. The van der Waals surface area contributed by atoms with Crippen LogP contribution in [0.5, 0.6) is 0 Å². The van der Waals surface area contributed by atoms with Crippen LogP contribution in [0.4, 0.5) is 17.1 Å². The highest BCUT2D eigenvalue weighted by atomic mass is 16.4. The first-order chi connectivity index (χ1) is 10.1. The zero-order chi connectivity index (χ0) is 14.6. The summed E-state index contributed by atoms with van der Waals surface area (Å²) in [6.45, 7) is 1.89. The van der Waals surface area contributed by atoms with Crippen LogP contribution in [0.2, 0.25) is 0 Å². The van der Waals surface area contributed by atoms with Crippen molar-refractivity contribution < 1.29 is 9.21 Å². The third kappa shape index (κ3) is 1.79. The van der Waals surface area contributed by atoms with E-state index in [0.717, 1.165) is 28.2 Å². The topological polar surface area (TPSA) is 83.4 Å². The Kier molecular flexibility index (Phi) is 2.35. The van der Waals surface area contributed by atoms with Gasteiger partial charge in [-0.15, -0.1) is 0 Å². The van der Waals surface area contributed by atoms with Crippen LogP contribution < -0.4 is 21.6 Å². The molecule has 2 atom stereocenters. The van der Waals surface area contributed by atoms with Crippen molar-refractivity contribution in [3.8, 4) is 0 Å². The van der Waals surface area contributed by atoms with Crippen molar-refractivity contribution in [3.63, 3.8) is 0 Å².